The number of hydrogen-bond donors (Lipinski definition) is 1. The van der Waals surface area contributed by atoms with Gasteiger partial charge in [-0.1, -0.05) is 4.49 Å². The second kappa shape index (κ2) is 8.36. The highest BCUT2D eigenvalue weighted by atomic mass is 32.1. The highest BCUT2D eigenvalue weighted by Gasteiger charge is 2.17. The molecule has 104 valence electrons. The van der Waals surface area contributed by atoms with Gasteiger partial charge < -0.3 is 14.8 Å². The van der Waals surface area contributed by atoms with Gasteiger partial charge in [-0.2, -0.15) is 0 Å². The Morgan fingerprint density at radius 3 is 2.78 bits per heavy atom. The van der Waals surface area contributed by atoms with Crippen molar-refractivity contribution in [3.05, 3.63) is 5.69 Å². The average Bonchev–Trinajstić information content (AvgIpc) is 2.81. The van der Waals surface area contributed by atoms with Crippen LogP contribution in [0.1, 0.15) is 12.6 Å². The Balaban J connectivity index is 2.64. The average molecular weight is 274 g/mol. The number of nitrogens with zero attached hydrogens (tertiary/aromatic N) is 3. The van der Waals surface area contributed by atoms with E-state index in [1.165, 1.54) is 11.5 Å². The first-order chi connectivity index (χ1) is 8.72. The standard InChI is InChI=1S/C11H22N4O2S/c1-9(8-17-4)15(5-6-16-3)7-10-11(12-2)18-14-13-10/h9,12H,5-8H2,1-4H3. The number of nitrogens with one attached hydrogen (secondary N) is 1. The monoisotopic (exact) mass is 274 g/mol. The Kier molecular flexibility index (Phi) is 7.11. The lowest BCUT2D eigenvalue weighted by Gasteiger charge is -2.27. The van der Waals surface area contributed by atoms with Gasteiger partial charge >= 0.3 is 0 Å². The Labute approximate surface area is 112 Å². The number of ether oxygens (including phenoxy) is 2. The molecule has 0 aromatic carbocycles. The first-order valence-corrected chi connectivity index (χ1v) is 6.71. The van der Waals surface area contributed by atoms with Crippen LogP contribution < -0.4 is 5.32 Å². The third kappa shape index (κ3) is 4.49. The second-order valence-electron chi connectivity index (χ2n) is 4.07. The molecule has 0 saturated carbocycles. The molecule has 1 rings (SSSR count). The first-order valence-electron chi connectivity index (χ1n) is 5.93. The van der Waals surface area contributed by atoms with Crippen LogP contribution in [-0.4, -0.2) is 61.6 Å². The Morgan fingerprint density at radius 2 is 2.17 bits per heavy atom. The summed E-state index contributed by atoms with van der Waals surface area (Å²) in [5.41, 5.74) is 0.974. The van der Waals surface area contributed by atoms with Gasteiger partial charge in [0.2, 0.25) is 0 Å². The van der Waals surface area contributed by atoms with Crippen LogP contribution in [0.25, 0.3) is 0 Å². The minimum Gasteiger partial charge on any atom is -0.383 e. The minimum atomic E-state index is 0.316. The molecule has 0 radical (unpaired) electrons. The normalized spacial score (nSPS) is 12.9. The fourth-order valence-corrected chi connectivity index (χ4v) is 2.23. The van der Waals surface area contributed by atoms with Gasteiger partial charge in [-0.05, 0) is 6.92 Å². The van der Waals surface area contributed by atoms with Crippen molar-refractivity contribution in [1.82, 2.24) is 14.5 Å². The third-order valence-electron chi connectivity index (χ3n) is 2.75. The van der Waals surface area contributed by atoms with E-state index in [-0.39, 0.29) is 0 Å². The fraction of sp³-hybridized carbons (Fsp3) is 0.818. The summed E-state index contributed by atoms with van der Waals surface area (Å²) in [6.45, 7) is 5.12. The van der Waals surface area contributed by atoms with E-state index in [1.54, 1.807) is 14.2 Å². The van der Waals surface area contributed by atoms with Crippen molar-refractivity contribution >= 4 is 16.5 Å². The number of methoxy groups -OCH3 is 2. The SMILES string of the molecule is CNc1snnc1CN(CCOC)C(C)COC. The van der Waals surface area contributed by atoms with E-state index in [0.717, 1.165) is 23.8 Å². The maximum atomic E-state index is 5.21. The van der Waals surface area contributed by atoms with Gasteiger partial charge in [-0.25, -0.2) is 0 Å². The largest absolute Gasteiger partial charge is 0.383 e. The lowest BCUT2D eigenvalue weighted by Crippen LogP contribution is -2.38. The summed E-state index contributed by atoms with van der Waals surface area (Å²) in [4.78, 5) is 2.28. The molecule has 0 aliphatic heterocycles. The van der Waals surface area contributed by atoms with Crippen molar-refractivity contribution < 1.29 is 9.47 Å². The summed E-state index contributed by atoms with van der Waals surface area (Å²) in [6.07, 6.45) is 0. The van der Waals surface area contributed by atoms with Gasteiger partial charge in [0.1, 0.15) is 10.7 Å². The van der Waals surface area contributed by atoms with Crippen LogP contribution in [0.4, 0.5) is 5.00 Å². The molecular formula is C11H22N4O2S. The van der Waals surface area contributed by atoms with Crippen molar-refractivity contribution in [2.75, 3.05) is 46.3 Å². The van der Waals surface area contributed by atoms with Crippen molar-refractivity contribution in [2.24, 2.45) is 0 Å². The molecule has 0 spiro atoms. The summed E-state index contributed by atoms with van der Waals surface area (Å²) in [5, 5.41) is 8.29. The summed E-state index contributed by atoms with van der Waals surface area (Å²) < 4.78 is 14.3. The van der Waals surface area contributed by atoms with Crippen LogP contribution in [0.15, 0.2) is 0 Å². The lowest BCUT2D eigenvalue weighted by atomic mass is 10.2. The fourth-order valence-electron chi connectivity index (χ4n) is 1.70. The van der Waals surface area contributed by atoms with E-state index in [9.17, 15) is 0 Å². The van der Waals surface area contributed by atoms with Crippen LogP contribution in [-0.2, 0) is 16.0 Å². The van der Waals surface area contributed by atoms with Crippen LogP contribution in [0, 0.1) is 0 Å². The van der Waals surface area contributed by atoms with Gasteiger partial charge in [-0.15, -0.1) is 5.10 Å². The van der Waals surface area contributed by atoms with Crippen LogP contribution in [0.3, 0.4) is 0 Å². The molecule has 0 fully saturated rings. The van der Waals surface area contributed by atoms with Gasteiger partial charge in [0.25, 0.3) is 0 Å². The van der Waals surface area contributed by atoms with E-state index in [1.807, 2.05) is 7.05 Å². The molecule has 1 atom stereocenters. The molecule has 6 nitrogen and oxygen atoms in total. The number of aromatic nitrogens is 2. The van der Waals surface area contributed by atoms with E-state index in [2.05, 4.69) is 26.7 Å². The number of hydrogen-bond acceptors (Lipinski definition) is 7. The zero-order chi connectivity index (χ0) is 13.4. The topological polar surface area (TPSA) is 59.5 Å². The smallest absolute Gasteiger partial charge is 0.134 e. The van der Waals surface area contributed by atoms with Gasteiger partial charge in [0.05, 0.1) is 13.2 Å². The summed E-state index contributed by atoms with van der Waals surface area (Å²) in [5.74, 6) is 0. The van der Waals surface area contributed by atoms with E-state index in [4.69, 9.17) is 9.47 Å². The zero-order valence-corrected chi connectivity index (χ0v) is 12.3. The van der Waals surface area contributed by atoms with Crippen LogP contribution >= 0.6 is 11.5 Å². The molecule has 0 aliphatic carbocycles. The second-order valence-corrected chi connectivity index (χ2v) is 4.82. The van der Waals surface area contributed by atoms with Gasteiger partial charge in [-0.3, -0.25) is 4.90 Å². The molecule has 1 unspecified atom stereocenters. The lowest BCUT2D eigenvalue weighted by molar-refractivity contribution is 0.0699. The molecule has 1 N–H and O–H groups in total. The minimum absolute atomic E-state index is 0.316. The maximum Gasteiger partial charge on any atom is 0.134 e. The van der Waals surface area contributed by atoms with Crippen molar-refractivity contribution in [1.29, 1.82) is 0 Å². The predicted octanol–water partition coefficient (Wildman–Crippen LogP) is 1.06. The van der Waals surface area contributed by atoms with Crippen molar-refractivity contribution in [3.8, 4) is 0 Å². The zero-order valence-electron chi connectivity index (χ0n) is 11.5. The quantitative estimate of drug-likeness (QED) is 0.727. The van der Waals surface area contributed by atoms with E-state index in [0.29, 0.717) is 19.3 Å². The highest BCUT2D eigenvalue weighted by Crippen LogP contribution is 2.19. The maximum absolute atomic E-state index is 5.21. The molecule has 0 saturated heterocycles. The van der Waals surface area contributed by atoms with Crippen molar-refractivity contribution in [2.45, 2.75) is 19.5 Å². The summed E-state index contributed by atoms with van der Waals surface area (Å²) in [7, 11) is 5.31. The van der Waals surface area contributed by atoms with Crippen LogP contribution in [0.5, 0.6) is 0 Å². The molecule has 18 heavy (non-hydrogen) atoms. The Morgan fingerprint density at radius 1 is 1.39 bits per heavy atom. The Bertz CT molecular complexity index is 335. The molecule has 1 heterocycles. The van der Waals surface area contributed by atoms with E-state index < -0.39 is 0 Å². The Hall–Kier alpha value is -0.760. The van der Waals surface area contributed by atoms with E-state index >= 15 is 0 Å². The first kappa shape index (κ1) is 15.3. The summed E-state index contributed by atoms with van der Waals surface area (Å²) in [6, 6.07) is 0.316. The third-order valence-corrected chi connectivity index (χ3v) is 3.54. The molecule has 1 aromatic rings. The molecule has 7 heteroatoms. The van der Waals surface area contributed by atoms with Crippen LogP contribution in [0.2, 0.25) is 0 Å². The molecule has 1 aromatic heterocycles. The summed E-state index contributed by atoms with van der Waals surface area (Å²) >= 11 is 1.38. The molecule has 0 aliphatic rings. The van der Waals surface area contributed by atoms with Gasteiger partial charge in [0, 0.05) is 51.9 Å². The molecule has 0 amide bonds. The van der Waals surface area contributed by atoms with Crippen molar-refractivity contribution in [3.63, 3.8) is 0 Å². The number of anilines is 1. The number of rotatable bonds is 9. The highest BCUT2D eigenvalue weighted by molar-refractivity contribution is 7.10. The predicted molar refractivity (Wildman–Crippen MR) is 73.1 cm³/mol. The van der Waals surface area contributed by atoms with Gasteiger partial charge in [0.15, 0.2) is 0 Å². The molecular weight excluding hydrogens is 252 g/mol. The molecule has 0 bridgehead atoms.